The van der Waals surface area contributed by atoms with Crippen LogP contribution in [-0.4, -0.2) is 32.6 Å². The molecular formula is C16H17N5OS. The molecule has 1 atom stereocenters. The van der Waals surface area contributed by atoms with Crippen LogP contribution in [0.2, 0.25) is 0 Å². The van der Waals surface area contributed by atoms with Crippen molar-refractivity contribution in [3.63, 3.8) is 0 Å². The number of hydrogen-bond acceptors (Lipinski definition) is 6. The average Bonchev–Trinajstić information content (AvgIpc) is 3.24. The predicted octanol–water partition coefficient (Wildman–Crippen LogP) is 2.09. The normalized spacial score (nSPS) is 17.1. The zero-order chi connectivity index (χ0) is 15.5. The van der Waals surface area contributed by atoms with Crippen LogP contribution in [-0.2, 0) is 24.4 Å². The topological polar surface area (TPSA) is 64.9 Å². The maximum atomic E-state index is 5.96. The number of aromatic nitrogens is 4. The van der Waals surface area contributed by atoms with Crippen LogP contribution in [0.1, 0.15) is 11.3 Å². The van der Waals surface area contributed by atoms with E-state index in [0.29, 0.717) is 6.61 Å². The second-order valence-electron chi connectivity index (χ2n) is 5.50. The standard InChI is InChI=1S/C16H17N5OS/c1-2-12(6-17-4-1)7-18-8-14-9-21-15(10-22-14)16(19-20-21)13-3-5-23-11-13/h1-6,11,14,18H,7-10H2/t14-/m0/s1. The summed E-state index contributed by atoms with van der Waals surface area (Å²) in [6.45, 7) is 2.85. The molecule has 0 saturated carbocycles. The summed E-state index contributed by atoms with van der Waals surface area (Å²) in [7, 11) is 0. The first-order valence-corrected chi connectivity index (χ1v) is 8.50. The van der Waals surface area contributed by atoms with Crippen LogP contribution in [0, 0.1) is 0 Å². The molecule has 0 amide bonds. The molecule has 0 saturated heterocycles. The maximum absolute atomic E-state index is 5.96. The summed E-state index contributed by atoms with van der Waals surface area (Å²) in [6.07, 6.45) is 3.76. The van der Waals surface area contributed by atoms with Gasteiger partial charge in [-0.15, -0.1) is 5.10 Å². The molecule has 1 aliphatic rings. The quantitative estimate of drug-likeness (QED) is 0.777. The smallest absolute Gasteiger partial charge is 0.119 e. The van der Waals surface area contributed by atoms with Gasteiger partial charge in [-0.1, -0.05) is 11.3 Å². The minimum atomic E-state index is 0.108. The molecule has 0 bridgehead atoms. The van der Waals surface area contributed by atoms with Crippen molar-refractivity contribution in [1.82, 2.24) is 25.3 Å². The molecule has 4 heterocycles. The molecule has 0 radical (unpaired) electrons. The second kappa shape index (κ2) is 6.57. The Morgan fingerprint density at radius 3 is 3.22 bits per heavy atom. The number of thiophene rings is 1. The van der Waals surface area contributed by atoms with Crippen LogP contribution < -0.4 is 5.32 Å². The molecule has 0 fully saturated rings. The number of rotatable bonds is 5. The van der Waals surface area contributed by atoms with Crippen molar-refractivity contribution in [2.45, 2.75) is 25.8 Å². The SMILES string of the molecule is c1cncc(CNC[C@H]2Cn3nnc(-c4ccsc4)c3CO2)c1. The van der Waals surface area contributed by atoms with Gasteiger partial charge in [0.25, 0.3) is 0 Å². The van der Waals surface area contributed by atoms with Crippen LogP contribution in [0.4, 0.5) is 0 Å². The van der Waals surface area contributed by atoms with E-state index in [0.717, 1.165) is 36.6 Å². The molecule has 0 aromatic carbocycles. The highest BCUT2D eigenvalue weighted by atomic mass is 32.1. The van der Waals surface area contributed by atoms with Crippen molar-refractivity contribution in [2.24, 2.45) is 0 Å². The van der Waals surface area contributed by atoms with Crippen molar-refractivity contribution >= 4 is 11.3 Å². The largest absolute Gasteiger partial charge is 0.369 e. The van der Waals surface area contributed by atoms with Crippen LogP contribution >= 0.6 is 11.3 Å². The summed E-state index contributed by atoms with van der Waals surface area (Å²) >= 11 is 1.67. The first-order valence-electron chi connectivity index (χ1n) is 7.56. The third-order valence-corrected chi connectivity index (χ3v) is 4.57. The van der Waals surface area contributed by atoms with Gasteiger partial charge in [0.05, 0.1) is 24.9 Å². The van der Waals surface area contributed by atoms with Crippen molar-refractivity contribution < 1.29 is 4.74 Å². The molecule has 3 aromatic heterocycles. The first kappa shape index (κ1) is 14.5. The number of nitrogens with one attached hydrogen (secondary N) is 1. The fourth-order valence-electron chi connectivity index (χ4n) is 2.69. The highest BCUT2D eigenvalue weighted by Crippen LogP contribution is 2.26. The number of hydrogen-bond donors (Lipinski definition) is 1. The molecule has 23 heavy (non-hydrogen) atoms. The van der Waals surface area contributed by atoms with E-state index in [4.69, 9.17) is 4.74 Å². The molecule has 1 aliphatic heterocycles. The summed E-state index contributed by atoms with van der Waals surface area (Å²) in [4.78, 5) is 4.11. The van der Waals surface area contributed by atoms with E-state index < -0.39 is 0 Å². The third-order valence-electron chi connectivity index (χ3n) is 3.89. The van der Waals surface area contributed by atoms with Gasteiger partial charge in [0.2, 0.25) is 0 Å². The summed E-state index contributed by atoms with van der Waals surface area (Å²) in [5.41, 5.74) is 4.29. The fraction of sp³-hybridized carbons (Fsp3) is 0.312. The van der Waals surface area contributed by atoms with Crippen LogP contribution in [0.3, 0.4) is 0 Å². The minimum absolute atomic E-state index is 0.108. The van der Waals surface area contributed by atoms with E-state index in [2.05, 4.69) is 43.5 Å². The first-order chi connectivity index (χ1) is 11.4. The predicted molar refractivity (Wildman–Crippen MR) is 87.9 cm³/mol. The van der Waals surface area contributed by atoms with Gasteiger partial charge in [-0.05, 0) is 23.1 Å². The number of pyridine rings is 1. The fourth-order valence-corrected chi connectivity index (χ4v) is 3.33. The lowest BCUT2D eigenvalue weighted by Crippen LogP contribution is -2.36. The van der Waals surface area contributed by atoms with E-state index in [1.165, 1.54) is 5.56 Å². The lowest BCUT2D eigenvalue weighted by molar-refractivity contribution is 0.00125. The number of nitrogens with zero attached hydrogens (tertiary/aromatic N) is 4. The van der Waals surface area contributed by atoms with E-state index in [1.54, 1.807) is 17.5 Å². The molecule has 118 valence electrons. The Labute approximate surface area is 138 Å². The van der Waals surface area contributed by atoms with Crippen molar-refractivity contribution in [1.29, 1.82) is 0 Å². The van der Waals surface area contributed by atoms with Crippen molar-refractivity contribution in [3.8, 4) is 11.3 Å². The van der Waals surface area contributed by atoms with Gasteiger partial charge in [0.15, 0.2) is 0 Å². The van der Waals surface area contributed by atoms with Gasteiger partial charge >= 0.3 is 0 Å². The molecular weight excluding hydrogens is 310 g/mol. The van der Waals surface area contributed by atoms with Gasteiger partial charge < -0.3 is 10.1 Å². The van der Waals surface area contributed by atoms with E-state index >= 15 is 0 Å². The summed E-state index contributed by atoms with van der Waals surface area (Å²) in [6, 6.07) is 6.07. The van der Waals surface area contributed by atoms with Gasteiger partial charge in [-0.3, -0.25) is 4.98 Å². The van der Waals surface area contributed by atoms with Crippen molar-refractivity contribution in [3.05, 3.63) is 52.6 Å². The van der Waals surface area contributed by atoms with E-state index in [1.807, 2.05) is 16.9 Å². The Kier molecular flexibility index (Phi) is 4.14. The average molecular weight is 327 g/mol. The second-order valence-corrected chi connectivity index (χ2v) is 6.28. The molecule has 7 heteroatoms. The lowest BCUT2D eigenvalue weighted by atomic mass is 10.2. The van der Waals surface area contributed by atoms with Crippen LogP contribution in [0.25, 0.3) is 11.3 Å². The zero-order valence-corrected chi connectivity index (χ0v) is 13.4. The van der Waals surface area contributed by atoms with Gasteiger partial charge in [0, 0.05) is 36.4 Å². The highest BCUT2D eigenvalue weighted by Gasteiger charge is 2.24. The van der Waals surface area contributed by atoms with Gasteiger partial charge in [-0.2, -0.15) is 11.3 Å². The molecule has 4 rings (SSSR count). The maximum Gasteiger partial charge on any atom is 0.119 e. The Balaban J connectivity index is 1.36. The molecule has 0 aliphatic carbocycles. The molecule has 6 nitrogen and oxygen atoms in total. The van der Waals surface area contributed by atoms with Gasteiger partial charge in [-0.25, -0.2) is 4.68 Å². The Bertz CT molecular complexity index is 756. The summed E-state index contributed by atoms with van der Waals surface area (Å²) < 4.78 is 7.93. The number of ether oxygens (including phenoxy) is 1. The van der Waals surface area contributed by atoms with Crippen molar-refractivity contribution in [2.75, 3.05) is 6.54 Å². The summed E-state index contributed by atoms with van der Waals surface area (Å²) in [5.74, 6) is 0. The minimum Gasteiger partial charge on any atom is -0.369 e. The van der Waals surface area contributed by atoms with E-state index in [9.17, 15) is 0 Å². The Morgan fingerprint density at radius 2 is 2.39 bits per heavy atom. The van der Waals surface area contributed by atoms with E-state index in [-0.39, 0.29) is 6.10 Å². The van der Waals surface area contributed by atoms with Crippen LogP contribution in [0.15, 0.2) is 41.4 Å². The molecule has 0 spiro atoms. The number of fused-ring (bicyclic) bond motifs is 1. The molecule has 3 aromatic rings. The Hall–Kier alpha value is -2.09. The van der Waals surface area contributed by atoms with Crippen LogP contribution in [0.5, 0.6) is 0 Å². The summed E-state index contributed by atoms with van der Waals surface area (Å²) in [5, 5.41) is 16.1. The monoisotopic (exact) mass is 327 g/mol. The third kappa shape index (κ3) is 3.17. The van der Waals surface area contributed by atoms with Gasteiger partial charge in [0.1, 0.15) is 5.69 Å². The molecule has 0 unspecified atom stereocenters. The highest BCUT2D eigenvalue weighted by molar-refractivity contribution is 7.08. The lowest BCUT2D eigenvalue weighted by Gasteiger charge is -2.24. The zero-order valence-electron chi connectivity index (χ0n) is 12.6. The Morgan fingerprint density at radius 1 is 1.39 bits per heavy atom. The molecule has 1 N–H and O–H groups in total.